The highest BCUT2D eigenvalue weighted by Gasteiger charge is 2.48. The molecule has 2 saturated heterocycles. The van der Waals surface area contributed by atoms with Crippen molar-refractivity contribution in [2.75, 3.05) is 38.7 Å². The molecular weight excluding hydrogens is 820 g/mol. The van der Waals surface area contributed by atoms with Crippen LogP contribution in [0.1, 0.15) is 90.5 Å². The summed E-state index contributed by atoms with van der Waals surface area (Å²) in [7, 11) is 1.66. The van der Waals surface area contributed by atoms with Crippen molar-refractivity contribution in [3.63, 3.8) is 0 Å². The second kappa shape index (κ2) is 24.5. The molecule has 2 aliphatic rings. The molecule has 0 bridgehead atoms. The molecule has 8 N–H and O–H groups in total. The number of nitrogens with one attached hydrogen (secondary N) is 4. The lowest BCUT2D eigenvalue weighted by Crippen LogP contribution is -2.50. The highest BCUT2D eigenvalue weighted by Crippen LogP contribution is 2.38. The molecule has 0 unspecified atom stereocenters. The van der Waals surface area contributed by atoms with Gasteiger partial charge in [-0.25, -0.2) is 9.78 Å². The SMILES string of the molecule is C/C(=C\C(=O)OCCCCCCCCC(=O)O)C[C@@H]1OC[C@H](C[C@H]2O[C@H]2[C@@H](C)[C@H](C)O)[C@@H](O)[C@H]1O.COc1cc(CNCCCNc2nc3ncccc3[nH]2)c2[nH]cc(Cl)c2c1. The number of aromatic amines is 2. The van der Waals surface area contributed by atoms with Crippen LogP contribution in [0.4, 0.5) is 5.95 Å². The third-order valence-corrected chi connectivity index (χ3v) is 11.8. The van der Waals surface area contributed by atoms with Crippen LogP contribution in [0.2, 0.25) is 5.02 Å². The number of ether oxygens (including phenoxy) is 4. The molecule has 2 fully saturated rings. The molecule has 0 spiro atoms. The van der Waals surface area contributed by atoms with Crippen LogP contribution in [0.25, 0.3) is 22.1 Å². The van der Waals surface area contributed by atoms with Gasteiger partial charge in [-0.3, -0.25) is 4.79 Å². The van der Waals surface area contributed by atoms with Gasteiger partial charge in [0.1, 0.15) is 11.9 Å². The zero-order valence-corrected chi connectivity index (χ0v) is 37.0. The number of aromatic nitrogens is 4. The van der Waals surface area contributed by atoms with Crippen molar-refractivity contribution < 1.29 is 49.0 Å². The lowest BCUT2D eigenvalue weighted by molar-refractivity contribution is -0.165. The van der Waals surface area contributed by atoms with Gasteiger partial charge in [-0.15, -0.1) is 0 Å². The Labute approximate surface area is 368 Å². The van der Waals surface area contributed by atoms with Crippen molar-refractivity contribution in [3.05, 3.63) is 58.9 Å². The number of carboxylic acid groups (broad SMARTS) is 1. The van der Waals surface area contributed by atoms with Crippen molar-refractivity contribution in [1.29, 1.82) is 0 Å². The number of anilines is 1. The topological polar surface area (TPSA) is 237 Å². The number of pyridine rings is 1. The molecule has 3 aromatic heterocycles. The van der Waals surface area contributed by atoms with Crippen molar-refractivity contribution in [1.82, 2.24) is 25.3 Å². The van der Waals surface area contributed by atoms with E-state index in [0.717, 1.165) is 97.5 Å². The van der Waals surface area contributed by atoms with Crippen LogP contribution in [0, 0.1) is 11.8 Å². The van der Waals surface area contributed by atoms with Gasteiger partial charge in [0.2, 0.25) is 5.95 Å². The molecule has 8 atom stereocenters. The third-order valence-electron chi connectivity index (χ3n) is 11.5. The Morgan fingerprint density at radius 2 is 1.84 bits per heavy atom. The number of methoxy groups -OCH3 is 1. The summed E-state index contributed by atoms with van der Waals surface area (Å²) in [6.07, 6.45) is 9.12. The third kappa shape index (κ3) is 14.9. The summed E-state index contributed by atoms with van der Waals surface area (Å²) < 4.78 is 22.1. The van der Waals surface area contributed by atoms with Gasteiger partial charge in [0.25, 0.3) is 0 Å². The Morgan fingerprint density at radius 1 is 1.06 bits per heavy atom. The van der Waals surface area contributed by atoms with E-state index in [4.69, 9.17) is 35.7 Å². The standard InChI is InChI=1S/C26H44O9.C19H21ClN6O/c1-16(13-23(30)33-11-9-7-5-4-6-8-10-22(28)29)12-20-25(32)24(31)19(15-34-20)14-21-26(35-21)17(2)18(3)27;1-27-13-8-12(17-14(9-13)15(20)11-24-17)10-21-5-3-7-23-19-25-16-4-2-6-22-18(16)26-19/h13,17-21,24-27,31-32H,4-12,14-15H2,1-3H3,(H,28,29);2,4,6,8-9,11,21,24H,3,5,7,10H2,1H3,(H2,22,23,25,26)/b16-13+;/t17-,18-,19-,20-,21+,24+,25-,26-;/m0./s1. The Hall–Kier alpha value is -4.29. The number of hydrogen-bond acceptors (Lipinski definition) is 13. The number of rotatable bonds is 24. The highest BCUT2D eigenvalue weighted by atomic mass is 35.5. The Kier molecular flexibility index (Phi) is 19.3. The molecule has 5 heterocycles. The number of nitrogens with zero attached hydrogens (tertiary/aromatic N) is 2. The van der Waals surface area contributed by atoms with E-state index in [9.17, 15) is 24.9 Å². The average Bonchev–Trinajstić information content (AvgIpc) is 3.72. The van der Waals surface area contributed by atoms with Crippen LogP contribution in [0.5, 0.6) is 5.75 Å². The predicted molar refractivity (Wildman–Crippen MR) is 237 cm³/mol. The number of carbonyl (C=O) groups excluding carboxylic acids is 1. The number of esters is 1. The number of aliphatic hydroxyl groups is 3. The molecule has 342 valence electrons. The van der Waals surface area contributed by atoms with E-state index < -0.39 is 36.4 Å². The largest absolute Gasteiger partial charge is 0.497 e. The molecule has 17 heteroatoms. The van der Waals surface area contributed by atoms with Crippen molar-refractivity contribution in [2.24, 2.45) is 11.8 Å². The second-order valence-electron chi connectivity index (χ2n) is 16.5. The van der Waals surface area contributed by atoms with Crippen LogP contribution >= 0.6 is 11.6 Å². The maximum atomic E-state index is 12.1. The number of carboxylic acids is 1. The number of imidazole rings is 1. The van der Waals surface area contributed by atoms with Crippen molar-refractivity contribution in [3.8, 4) is 5.75 Å². The fraction of sp³-hybridized carbons (Fsp3) is 0.600. The summed E-state index contributed by atoms with van der Waals surface area (Å²) in [5, 5.41) is 47.9. The summed E-state index contributed by atoms with van der Waals surface area (Å²) in [6, 6.07) is 7.83. The van der Waals surface area contributed by atoms with E-state index in [1.165, 1.54) is 6.08 Å². The minimum absolute atomic E-state index is 0.0160. The van der Waals surface area contributed by atoms with Gasteiger partial charge < -0.3 is 60.0 Å². The maximum Gasteiger partial charge on any atom is 0.330 e. The van der Waals surface area contributed by atoms with Gasteiger partial charge in [-0.1, -0.05) is 49.8 Å². The van der Waals surface area contributed by atoms with Crippen LogP contribution in [0.3, 0.4) is 0 Å². The average molecular weight is 885 g/mol. The number of aliphatic carboxylic acids is 1. The van der Waals surface area contributed by atoms with Gasteiger partial charge >= 0.3 is 11.9 Å². The number of carbonyl (C=O) groups is 2. The smallest absolute Gasteiger partial charge is 0.330 e. The molecule has 4 aromatic rings. The van der Waals surface area contributed by atoms with Gasteiger partial charge in [-0.2, -0.15) is 4.98 Å². The number of hydrogen-bond donors (Lipinski definition) is 8. The summed E-state index contributed by atoms with van der Waals surface area (Å²) >= 11 is 6.23. The number of H-pyrrole nitrogens is 2. The number of epoxide rings is 1. The fourth-order valence-electron chi connectivity index (χ4n) is 7.66. The first-order valence-corrected chi connectivity index (χ1v) is 22.2. The Balaban J connectivity index is 0.000000241. The number of aliphatic hydroxyl groups excluding tert-OH is 3. The second-order valence-corrected chi connectivity index (χ2v) is 16.9. The molecule has 1 aromatic carbocycles. The monoisotopic (exact) mass is 884 g/mol. The summed E-state index contributed by atoms with van der Waals surface area (Å²) in [6.45, 7) is 8.49. The lowest BCUT2D eigenvalue weighted by atomic mass is 9.85. The van der Waals surface area contributed by atoms with Gasteiger partial charge in [-0.05, 0) is 82.3 Å². The molecule has 0 saturated carbocycles. The molecule has 2 aliphatic heterocycles. The number of halogens is 1. The van der Waals surface area contributed by atoms with Crippen LogP contribution < -0.4 is 15.4 Å². The van der Waals surface area contributed by atoms with Gasteiger partial charge in [0.15, 0.2) is 5.65 Å². The molecule has 62 heavy (non-hydrogen) atoms. The molecule has 0 aliphatic carbocycles. The first-order valence-electron chi connectivity index (χ1n) is 21.8. The number of fused-ring (bicyclic) bond motifs is 2. The number of benzene rings is 1. The van der Waals surface area contributed by atoms with E-state index in [2.05, 4.69) is 30.6 Å². The van der Waals surface area contributed by atoms with Crippen LogP contribution in [0.15, 0.2) is 48.3 Å². The van der Waals surface area contributed by atoms with Gasteiger partial charge in [0, 0.05) is 55.2 Å². The molecular formula is C45H65ClN6O10. The first-order chi connectivity index (χ1) is 29.8. The minimum atomic E-state index is -1.06. The van der Waals surface area contributed by atoms with E-state index >= 15 is 0 Å². The fourth-order valence-corrected chi connectivity index (χ4v) is 7.87. The molecule has 0 radical (unpaired) electrons. The van der Waals surface area contributed by atoms with Gasteiger partial charge in [0.05, 0.1) is 66.9 Å². The lowest BCUT2D eigenvalue weighted by Gasteiger charge is -2.38. The van der Waals surface area contributed by atoms with E-state index in [-0.39, 0.29) is 30.5 Å². The first kappa shape index (κ1) is 48.7. The number of unbranched alkanes of at least 4 members (excludes halogenated alkanes) is 5. The van der Waals surface area contributed by atoms with Crippen molar-refractivity contribution >= 4 is 51.6 Å². The van der Waals surface area contributed by atoms with E-state index in [0.29, 0.717) is 43.1 Å². The summed E-state index contributed by atoms with van der Waals surface area (Å²) in [5.74, 6) is 0.134. The predicted octanol–water partition coefficient (Wildman–Crippen LogP) is 6.29. The van der Waals surface area contributed by atoms with Crippen molar-refractivity contribution in [2.45, 2.75) is 128 Å². The Morgan fingerprint density at radius 3 is 2.58 bits per heavy atom. The maximum absolute atomic E-state index is 12.1. The zero-order chi connectivity index (χ0) is 44.6. The highest BCUT2D eigenvalue weighted by molar-refractivity contribution is 6.35. The summed E-state index contributed by atoms with van der Waals surface area (Å²) in [5.41, 5.74) is 4.54. The quantitative estimate of drug-likeness (QED) is 0.0167. The van der Waals surface area contributed by atoms with E-state index in [1.54, 1.807) is 33.4 Å². The minimum Gasteiger partial charge on any atom is -0.497 e. The zero-order valence-electron chi connectivity index (χ0n) is 36.3. The van der Waals surface area contributed by atoms with E-state index in [1.807, 2.05) is 31.2 Å². The summed E-state index contributed by atoms with van der Waals surface area (Å²) in [4.78, 5) is 37.6. The van der Waals surface area contributed by atoms with Crippen LogP contribution in [-0.2, 0) is 30.3 Å². The molecule has 16 nitrogen and oxygen atoms in total. The molecule has 6 rings (SSSR count). The normalized spacial score (nSPS) is 22.2. The van der Waals surface area contributed by atoms with Crippen LogP contribution in [-0.4, -0.2) is 122 Å². The Bertz CT molecular complexity index is 2010. The molecule has 0 amide bonds.